The van der Waals surface area contributed by atoms with Gasteiger partial charge in [-0.05, 0) is 50.1 Å². The zero-order valence-corrected chi connectivity index (χ0v) is 15.4. The summed E-state index contributed by atoms with van der Waals surface area (Å²) in [5, 5.41) is 0. The van der Waals surface area contributed by atoms with Gasteiger partial charge in [0.1, 0.15) is 0 Å². The van der Waals surface area contributed by atoms with Crippen LogP contribution in [-0.2, 0) is 16.8 Å². The summed E-state index contributed by atoms with van der Waals surface area (Å²) in [5.74, 6) is 0.389. The van der Waals surface area contributed by atoms with Crippen molar-refractivity contribution < 1.29 is 8.42 Å². The minimum absolute atomic E-state index is 0.211. The molecule has 0 aliphatic heterocycles. The summed E-state index contributed by atoms with van der Waals surface area (Å²) >= 11 is 0. The lowest BCUT2D eigenvalue weighted by Crippen LogP contribution is -2.30. The van der Waals surface area contributed by atoms with E-state index in [-0.39, 0.29) is 6.54 Å². The van der Waals surface area contributed by atoms with Crippen LogP contribution in [-0.4, -0.2) is 19.3 Å². The molecule has 24 heavy (non-hydrogen) atoms. The first-order chi connectivity index (χ1) is 11.3. The standard InChI is InChI=1S/C17H26N4O2S/c1-15(2)8-7-9-16(3)12-13-21(24(22,23)20-19-18)14-17-10-5-4-6-11-17/h4-6,8,10-11,16H,7,9,12-14H2,1-3H3/t16-/m1/s1. The fraction of sp³-hybridized carbons (Fsp3) is 0.529. The number of benzene rings is 1. The highest BCUT2D eigenvalue weighted by atomic mass is 32.2. The Morgan fingerprint density at radius 1 is 1.29 bits per heavy atom. The molecule has 7 heteroatoms. The fourth-order valence-electron chi connectivity index (χ4n) is 2.33. The van der Waals surface area contributed by atoms with Crippen LogP contribution >= 0.6 is 0 Å². The van der Waals surface area contributed by atoms with Crippen molar-refractivity contribution in [3.05, 3.63) is 58.0 Å². The maximum Gasteiger partial charge on any atom is 0.302 e. The van der Waals surface area contributed by atoms with Crippen LogP contribution < -0.4 is 0 Å². The Morgan fingerprint density at radius 3 is 2.54 bits per heavy atom. The third kappa shape index (κ3) is 7.64. The van der Waals surface area contributed by atoms with Crippen LogP contribution in [0.25, 0.3) is 10.4 Å². The monoisotopic (exact) mass is 350 g/mol. The van der Waals surface area contributed by atoms with E-state index in [2.05, 4.69) is 36.3 Å². The molecule has 0 N–H and O–H groups in total. The van der Waals surface area contributed by atoms with Crippen LogP contribution in [0.4, 0.5) is 0 Å². The highest BCUT2D eigenvalue weighted by molar-refractivity contribution is 7.87. The van der Waals surface area contributed by atoms with Crippen molar-refractivity contribution >= 4 is 10.2 Å². The summed E-state index contributed by atoms with van der Waals surface area (Å²) < 4.78 is 28.5. The number of hydrogen-bond acceptors (Lipinski definition) is 2. The van der Waals surface area contributed by atoms with E-state index in [1.54, 1.807) is 0 Å². The molecular weight excluding hydrogens is 324 g/mol. The second-order valence-corrected chi connectivity index (χ2v) is 7.80. The first kappa shape index (κ1) is 20.2. The van der Waals surface area contributed by atoms with Crippen LogP contribution in [0.15, 0.2) is 46.5 Å². The van der Waals surface area contributed by atoms with E-state index in [1.165, 1.54) is 9.88 Å². The van der Waals surface area contributed by atoms with Crippen molar-refractivity contribution in [3.8, 4) is 0 Å². The van der Waals surface area contributed by atoms with E-state index in [0.717, 1.165) is 24.8 Å². The van der Waals surface area contributed by atoms with Gasteiger partial charge in [-0.3, -0.25) is 0 Å². The molecule has 1 aromatic rings. The van der Waals surface area contributed by atoms with E-state index in [0.29, 0.717) is 12.5 Å². The number of rotatable bonds is 10. The molecule has 0 aliphatic carbocycles. The van der Waals surface area contributed by atoms with Gasteiger partial charge in [0, 0.05) is 22.5 Å². The highest BCUT2D eigenvalue weighted by Gasteiger charge is 2.21. The Bertz CT molecular complexity index is 676. The minimum Gasteiger partial charge on any atom is -0.204 e. The van der Waals surface area contributed by atoms with E-state index in [4.69, 9.17) is 5.53 Å². The molecule has 0 fully saturated rings. The molecule has 0 spiro atoms. The van der Waals surface area contributed by atoms with Gasteiger partial charge in [-0.25, -0.2) is 8.42 Å². The van der Waals surface area contributed by atoms with Gasteiger partial charge in [0.2, 0.25) is 0 Å². The fourth-order valence-corrected chi connectivity index (χ4v) is 3.17. The summed E-state index contributed by atoms with van der Waals surface area (Å²) in [5.41, 5.74) is 10.7. The van der Waals surface area contributed by atoms with Crippen LogP contribution in [0.2, 0.25) is 0 Å². The first-order valence-corrected chi connectivity index (χ1v) is 9.48. The smallest absolute Gasteiger partial charge is 0.204 e. The molecule has 0 amide bonds. The van der Waals surface area contributed by atoms with Gasteiger partial charge in [-0.2, -0.15) is 4.31 Å². The second-order valence-electron chi connectivity index (χ2n) is 6.22. The lowest BCUT2D eigenvalue weighted by Gasteiger charge is -2.21. The van der Waals surface area contributed by atoms with Crippen LogP contribution in [0.3, 0.4) is 0 Å². The normalized spacial score (nSPS) is 12.5. The lowest BCUT2D eigenvalue weighted by atomic mass is 10.0. The molecule has 1 aromatic carbocycles. The quantitative estimate of drug-likeness (QED) is 0.262. The summed E-state index contributed by atoms with van der Waals surface area (Å²) in [6.07, 6.45) is 4.91. The number of azide groups is 1. The second kappa shape index (κ2) is 10.1. The Morgan fingerprint density at radius 2 is 1.96 bits per heavy atom. The Kier molecular flexibility index (Phi) is 8.54. The third-order valence-corrected chi connectivity index (χ3v) is 4.99. The van der Waals surface area contributed by atoms with Crippen LogP contribution in [0, 0.1) is 5.92 Å². The molecule has 0 heterocycles. The molecule has 0 saturated heterocycles. The summed E-state index contributed by atoms with van der Waals surface area (Å²) in [4.78, 5) is 2.45. The molecule has 0 aliphatic rings. The predicted octanol–water partition coefficient (Wildman–Crippen LogP) is 4.82. The van der Waals surface area contributed by atoms with Crippen molar-refractivity contribution in [1.29, 1.82) is 0 Å². The minimum atomic E-state index is -3.97. The van der Waals surface area contributed by atoms with Crippen molar-refractivity contribution in [1.82, 2.24) is 4.31 Å². The van der Waals surface area contributed by atoms with Gasteiger partial charge >= 0.3 is 10.2 Å². The molecule has 132 valence electrons. The van der Waals surface area contributed by atoms with Gasteiger partial charge in [0.25, 0.3) is 0 Å². The Labute approximate surface area is 145 Å². The maximum atomic E-state index is 12.1. The largest absolute Gasteiger partial charge is 0.302 e. The van der Waals surface area contributed by atoms with E-state index in [1.807, 2.05) is 30.3 Å². The number of allylic oxidation sites excluding steroid dienone is 2. The van der Waals surface area contributed by atoms with Crippen molar-refractivity contribution in [2.45, 2.75) is 46.6 Å². The van der Waals surface area contributed by atoms with E-state index in [9.17, 15) is 8.42 Å². The van der Waals surface area contributed by atoms with Crippen LogP contribution in [0.1, 0.15) is 45.6 Å². The summed E-state index contributed by atoms with van der Waals surface area (Å²) in [6.45, 7) is 6.80. The topological polar surface area (TPSA) is 86.1 Å². The zero-order chi connectivity index (χ0) is 18.0. The molecule has 0 unspecified atom stereocenters. The van der Waals surface area contributed by atoms with Crippen molar-refractivity contribution in [2.75, 3.05) is 6.54 Å². The average Bonchev–Trinajstić information content (AvgIpc) is 2.51. The molecule has 0 aromatic heterocycles. The number of hydrogen-bond donors (Lipinski definition) is 0. The Hall–Kier alpha value is -1.82. The predicted molar refractivity (Wildman–Crippen MR) is 97.4 cm³/mol. The molecule has 1 atom stereocenters. The molecular formula is C17H26N4O2S. The molecule has 0 radical (unpaired) electrons. The molecule has 0 saturated carbocycles. The van der Waals surface area contributed by atoms with Gasteiger partial charge in [-0.1, -0.05) is 48.9 Å². The third-order valence-electron chi connectivity index (χ3n) is 3.75. The molecule has 1 rings (SSSR count). The van der Waals surface area contributed by atoms with Crippen LogP contribution in [0.5, 0.6) is 0 Å². The first-order valence-electron chi connectivity index (χ1n) is 8.09. The molecule has 0 bridgehead atoms. The van der Waals surface area contributed by atoms with Gasteiger partial charge < -0.3 is 0 Å². The summed E-state index contributed by atoms with van der Waals surface area (Å²) in [7, 11) is -3.97. The zero-order valence-electron chi connectivity index (χ0n) is 14.6. The highest BCUT2D eigenvalue weighted by Crippen LogP contribution is 2.17. The van der Waals surface area contributed by atoms with E-state index < -0.39 is 10.2 Å². The van der Waals surface area contributed by atoms with Crippen molar-refractivity contribution in [2.24, 2.45) is 10.4 Å². The SMILES string of the molecule is CC(C)=CCC[C@@H](C)CCN(Cc1ccccc1)S(=O)(=O)N=[N+]=[N-]. The Balaban J connectivity index is 2.72. The molecule has 6 nitrogen and oxygen atoms in total. The van der Waals surface area contributed by atoms with Crippen molar-refractivity contribution in [3.63, 3.8) is 0 Å². The van der Waals surface area contributed by atoms with Gasteiger partial charge in [0.05, 0.1) is 0 Å². The number of nitrogens with zero attached hydrogens (tertiary/aromatic N) is 4. The van der Waals surface area contributed by atoms with E-state index >= 15 is 0 Å². The lowest BCUT2D eigenvalue weighted by molar-refractivity contribution is 0.360. The maximum absolute atomic E-state index is 12.1. The summed E-state index contributed by atoms with van der Waals surface area (Å²) in [6, 6.07) is 9.31. The van der Waals surface area contributed by atoms with Gasteiger partial charge in [0.15, 0.2) is 0 Å². The average molecular weight is 350 g/mol. The van der Waals surface area contributed by atoms with Gasteiger partial charge in [-0.15, -0.1) is 0 Å².